The molecule has 3 rings (SSSR count). The fraction of sp³-hybridized carbons (Fsp3) is 0.333. The van der Waals surface area contributed by atoms with Gasteiger partial charge in [0.1, 0.15) is 11.9 Å². The molecule has 3 aliphatic rings. The van der Waals surface area contributed by atoms with E-state index in [0.29, 0.717) is 0 Å². The Morgan fingerprint density at radius 1 is 1.25 bits per heavy atom. The topological polar surface area (TPSA) is 27.7 Å². The first-order valence-electron chi connectivity index (χ1n) is 3.83. The minimum Gasteiger partial charge on any atom is -0.498 e. The van der Waals surface area contributed by atoms with Crippen molar-refractivity contribution >= 4 is 0 Å². The summed E-state index contributed by atoms with van der Waals surface area (Å²) in [5.74, 6) is 0.798. The fourth-order valence-electron chi connectivity index (χ4n) is 1.19. The highest BCUT2D eigenvalue weighted by molar-refractivity contribution is 5.23. The first kappa shape index (κ1) is 7.58. The highest BCUT2D eigenvalue weighted by Gasteiger charge is 2.23. The Balaban J connectivity index is 2.31. The summed E-state index contributed by atoms with van der Waals surface area (Å²) in [5, 5.41) is 0. The molecular weight excluding hydrogens is 156 g/mol. The third kappa shape index (κ3) is 1.29. The maximum absolute atomic E-state index is 5.13. The fourth-order valence-corrected chi connectivity index (χ4v) is 1.19. The maximum Gasteiger partial charge on any atom is 0.168 e. The molecule has 0 amide bonds. The monoisotopic (exact) mass is 166 g/mol. The Kier molecular flexibility index (Phi) is 1.98. The summed E-state index contributed by atoms with van der Waals surface area (Å²) in [6, 6.07) is 0. The third-order valence-electron chi connectivity index (χ3n) is 1.81. The Labute approximate surface area is 70.8 Å². The summed E-state index contributed by atoms with van der Waals surface area (Å²) in [6.07, 6.45) is 9.20. The Morgan fingerprint density at radius 3 is 2.92 bits per heavy atom. The van der Waals surface area contributed by atoms with Crippen LogP contribution in [0.4, 0.5) is 0 Å². The van der Waals surface area contributed by atoms with Crippen molar-refractivity contribution in [1.82, 2.24) is 0 Å². The van der Waals surface area contributed by atoms with Crippen molar-refractivity contribution in [2.75, 3.05) is 7.11 Å². The highest BCUT2D eigenvalue weighted by Crippen LogP contribution is 2.21. The lowest BCUT2D eigenvalue weighted by molar-refractivity contribution is -0.330. The van der Waals surface area contributed by atoms with Crippen molar-refractivity contribution in [1.29, 1.82) is 0 Å². The summed E-state index contributed by atoms with van der Waals surface area (Å²) in [4.78, 5) is 10.1. The molecule has 2 aliphatic heterocycles. The third-order valence-corrected chi connectivity index (χ3v) is 1.81. The molecule has 0 saturated heterocycles. The van der Waals surface area contributed by atoms with Gasteiger partial charge in [-0.2, -0.15) is 0 Å². The number of ether oxygens (including phenoxy) is 1. The second kappa shape index (κ2) is 3.13. The van der Waals surface area contributed by atoms with Gasteiger partial charge in [0.2, 0.25) is 0 Å². The second-order valence-corrected chi connectivity index (χ2v) is 2.62. The van der Waals surface area contributed by atoms with E-state index in [0.717, 1.165) is 5.76 Å². The van der Waals surface area contributed by atoms with E-state index in [2.05, 4.69) is 0 Å². The van der Waals surface area contributed by atoms with Crippen LogP contribution in [0.15, 0.2) is 36.1 Å². The van der Waals surface area contributed by atoms with Gasteiger partial charge in [0.25, 0.3) is 0 Å². The molecule has 0 spiro atoms. The standard InChI is InChI=1S/C9H10O3/c1-10-9-6-7-4-2-3-5-8(9)12-11-7/h2-8H,1H3/b4-2-,5-3-. The zero-order valence-corrected chi connectivity index (χ0v) is 6.77. The van der Waals surface area contributed by atoms with E-state index >= 15 is 0 Å². The van der Waals surface area contributed by atoms with Crippen molar-refractivity contribution in [3.8, 4) is 0 Å². The summed E-state index contributed by atoms with van der Waals surface area (Å²) in [6.45, 7) is 0. The molecule has 0 aromatic carbocycles. The molecular formula is C9H10O3. The van der Waals surface area contributed by atoms with Crippen LogP contribution in [0.3, 0.4) is 0 Å². The van der Waals surface area contributed by atoms with Crippen LogP contribution in [0.5, 0.6) is 0 Å². The van der Waals surface area contributed by atoms with Crippen molar-refractivity contribution in [3.05, 3.63) is 36.1 Å². The van der Waals surface area contributed by atoms with Gasteiger partial charge in [0, 0.05) is 0 Å². The summed E-state index contributed by atoms with van der Waals surface area (Å²) >= 11 is 0. The molecule has 1 aliphatic carbocycles. The SMILES string of the molecule is COC1=CC2/C=C\C=C/C1OO2. The molecule has 2 unspecified atom stereocenters. The molecule has 0 fully saturated rings. The van der Waals surface area contributed by atoms with Crippen LogP contribution < -0.4 is 0 Å². The molecule has 3 nitrogen and oxygen atoms in total. The van der Waals surface area contributed by atoms with Crippen molar-refractivity contribution in [2.45, 2.75) is 12.2 Å². The average molecular weight is 166 g/mol. The van der Waals surface area contributed by atoms with E-state index in [1.165, 1.54) is 0 Å². The molecule has 2 atom stereocenters. The second-order valence-electron chi connectivity index (χ2n) is 2.62. The maximum atomic E-state index is 5.13. The molecule has 3 heteroatoms. The summed E-state index contributed by atoms with van der Waals surface area (Å²) in [5.41, 5.74) is 0. The van der Waals surface area contributed by atoms with E-state index in [9.17, 15) is 0 Å². The van der Waals surface area contributed by atoms with Crippen LogP contribution in [-0.2, 0) is 14.5 Å². The largest absolute Gasteiger partial charge is 0.498 e. The Morgan fingerprint density at radius 2 is 2.08 bits per heavy atom. The molecule has 12 heavy (non-hydrogen) atoms. The molecule has 64 valence electrons. The molecule has 0 radical (unpaired) electrons. The van der Waals surface area contributed by atoms with E-state index in [1.54, 1.807) is 7.11 Å². The predicted octanol–water partition coefficient (Wildman–Crippen LogP) is 1.34. The van der Waals surface area contributed by atoms with Crippen LogP contribution in [0, 0.1) is 0 Å². The lowest BCUT2D eigenvalue weighted by Crippen LogP contribution is -2.26. The van der Waals surface area contributed by atoms with Crippen molar-refractivity contribution in [2.24, 2.45) is 0 Å². The predicted molar refractivity (Wildman–Crippen MR) is 43.1 cm³/mol. The van der Waals surface area contributed by atoms with Gasteiger partial charge in [0.15, 0.2) is 6.10 Å². The van der Waals surface area contributed by atoms with Gasteiger partial charge in [-0.1, -0.05) is 12.2 Å². The van der Waals surface area contributed by atoms with Gasteiger partial charge in [-0.25, -0.2) is 9.78 Å². The Bertz CT molecular complexity index is 252. The lowest BCUT2D eigenvalue weighted by atomic mass is 10.1. The van der Waals surface area contributed by atoms with E-state index in [1.807, 2.05) is 30.4 Å². The first-order valence-corrected chi connectivity index (χ1v) is 3.83. The molecule has 0 aromatic rings. The van der Waals surface area contributed by atoms with Crippen molar-refractivity contribution in [3.63, 3.8) is 0 Å². The molecule has 2 heterocycles. The summed E-state index contributed by atoms with van der Waals surface area (Å²) < 4.78 is 5.13. The lowest BCUT2D eigenvalue weighted by Gasteiger charge is -2.24. The number of rotatable bonds is 1. The van der Waals surface area contributed by atoms with E-state index in [4.69, 9.17) is 14.5 Å². The quantitative estimate of drug-likeness (QED) is 0.550. The van der Waals surface area contributed by atoms with Crippen LogP contribution in [0.25, 0.3) is 0 Å². The van der Waals surface area contributed by atoms with Gasteiger partial charge in [-0.3, -0.25) is 0 Å². The minimum atomic E-state index is -0.198. The van der Waals surface area contributed by atoms with Crippen LogP contribution in [0.1, 0.15) is 0 Å². The molecule has 0 aromatic heterocycles. The normalized spacial score (nSPS) is 37.9. The van der Waals surface area contributed by atoms with Crippen LogP contribution >= 0.6 is 0 Å². The molecule has 0 saturated carbocycles. The smallest absolute Gasteiger partial charge is 0.168 e. The van der Waals surface area contributed by atoms with Crippen LogP contribution in [0.2, 0.25) is 0 Å². The highest BCUT2D eigenvalue weighted by atomic mass is 17.2. The van der Waals surface area contributed by atoms with Gasteiger partial charge >= 0.3 is 0 Å². The summed E-state index contributed by atoms with van der Waals surface area (Å²) in [7, 11) is 1.63. The van der Waals surface area contributed by atoms with Gasteiger partial charge in [-0.15, -0.1) is 0 Å². The number of fused-ring (bicyclic) bond motifs is 2. The number of allylic oxidation sites excluding steroid dienone is 2. The van der Waals surface area contributed by atoms with Crippen LogP contribution in [-0.4, -0.2) is 19.3 Å². The van der Waals surface area contributed by atoms with E-state index in [-0.39, 0.29) is 12.2 Å². The van der Waals surface area contributed by atoms with E-state index < -0.39 is 0 Å². The minimum absolute atomic E-state index is 0.124. The van der Waals surface area contributed by atoms with Gasteiger partial charge < -0.3 is 4.74 Å². The Hall–Kier alpha value is -1.06. The van der Waals surface area contributed by atoms with Gasteiger partial charge in [-0.05, 0) is 18.2 Å². The molecule has 0 N–H and O–H groups in total. The first-order chi connectivity index (χ1) is 5.90. The number of hydrogen-bond donors (Lipinski definition) is 0. The zero-order valence-electron chi connectivity index (χ0n) is 6.77. The number of methoxy groups -OCH3 is 1. The average Bonchev–Trinajstić information content (AvgIpc) is 2.05. The molecule has 2 bridgehead atoms. The zero-order chi connectivity index (χ0) is 8.39. The van der Waals surface area contributed by atoms with Gasteiger partial charge in [0.05, 0.1) is 7.11 Å². The number of hydrogen-bond acceptors (Lipinski definition) is 3. The van der Waals surface area contributed by atoms with Crippen molar-refractivity contribution < 1.29 is 14.5 Å².